The molecule has 0 bridgehead atoms. The van der Waals surface area contributed by atoms with Crippen LogP contribution in [0.4, 0.5) is 0 Å². The van der Waals surface area contributed by atoms with Crippen molar-refractivity contribution >= 4 is 35.0 Å². The fraction of sp³-hybridized carbons (Fsp3) is 0.250. The van der Waals surface area contributed by atoms with Crippen LogP contribution in [0.3, 0.4) is 0 Å². The fourth-order valence-corrected chi connectivity index (χ4v) is 8.04. The van der Waals surface area contributed by atoms with Gasteiger partial charge in [0.05, 0.1) is 25.9 Å². The highest BCUT2D eigenvalue weighted by atomic mass is 31.2. The Balaban J connectivity index is 0.00000432. The minimum Gasteiger partial charge on any atom is -0.376 e. The minimum absolute atomic E-state index is 0. The van der Waals surface area contributed by atoms with Gasteiger partial charge in [0.2, 0.25) is 5.91 Å². The fourth-order valence-electron chi connectivity index (χ4n) is 3.92. The summed E-state index contributed by atoms with van der Waals surface area (Å²) in [6.45, 7) is 1.60. The van der Waals surface area contributed by atoms with Gasteiger partial charge in [0.25, 0.3) is 0 Å². The normalized spacial score (nSPS) is 10.8. The Bertz CT molecular complexity index is 952. The van der Waals surface area contributed by atoms with Crippen molar-refractivity contribution in [1.82, 2.24) is 9.80 Å². The van der Waals surface area contributed by atoms with Crippen LogP contribution >= 0.6 is 7.26 Å². The van der Waals surface area contributed by atoms with Crippen molar-refractivity contribution in [3.8, 4) is 0 Å². The third-order valence-electron chi connectivity index (χ3n) is 5.94. The standard InChI is InChI=1S/C27H34N4O2P.CH3/c1-30(26(32)22-31(2)27(28)29)18-19-33-20-21-34(23-12-6-3-7-13-23,24-14-8-4-9-15-24)25-16-10-5-11-17-25;/h3-17H,18-22H2,1-2H3,(H3,28,29);1H3/q+1;-1. The molecule has 0 unspecified atom stereocenters. The number of likely N-dealkylation sites (N-methyl/N-ethyl adjacent to an activating group) is 2. The number of ether oxygens (including phenoxy) is 1. The predicted octanol–water partition coefficient (Wildman–Crippen LogP) is 2.73. The van der Waals surface area contributed by atoms with Gasteiger partial charge in [-0.3, -0.25) is 10.2 Å². The number of rotatable bonds is 11. The van der Waals surface area contributed by atoms with Crippen molar-refractivity contribution in [3.05, 3.63) is 98.4 Å². The van der Waals surface area contributed by atoms with Gasteiger partial charge in [-0.25, -0.2) is 0 Å². The lowest BCUT2D eigenvalue weighted by molar-refractivity contribution is -0.130. The van der Waals surface area contributed by atoms with Crippen LogP contribution < -0.4 is 21.6 Å². The molecule has 0 aliphatic rings. The number of carbonyl (C=O) groups is 1. The van der Waals surface area contributed by atoms with Gasteiger partial charge in [0, 0.05) is 20.6 Å². The van der Waals surface area contributed by atoms with Gasteiger partial charge in [-0.05, 0) is 36.4 Å². The first kappa shape index (κ1) is 28.0. The van der Waals surface area contributed by atoms with E-state index in [1.54, 1.807) is 19.0 Å². The molecule has 0 atom stereocenters. The van der Waals surface area contributed by atoms with Crippen LogP contribution in [-0.4, -0.2) is 68.2 Å². The molecule has 0 radical (unpaired) electrons. The number of amides is 1. The van der Waals surface area contributed by atoms with Gasteiger partial charge < -0.3 is 27.7 Å². The van der Waals surface area contributed by atoms with Crippen LogP contribution in [0.15, 0.2) is 91.0 Å². The lowest BCUT2D eigenvalue weighted by atomic mass is 10.4. The van der Waals surface area contributed by atoms with Gasteiger partial charge in [-0.1, -0.05) is 54.6 Å². The zero-order chi connectivity index (χ0) is 24.4. The second-order valence-electron chi connectivity index (χ2n) is 8.21. The van der Waals surface area contributed by atoms with E-state index < -0.39 is 7.26 Å². The SMILES string of the molecule is CN(CC(=O)N(C)CCOCC[P+](c1ccccc1)(c1ccccc1)c1ccccc1)C(=N)N.[CH3-]. The van der Waals surface area contributed by atoms with Gasteiger partial charge in [0.1, 0.15) is 23.2 Å². The number of nitrogens with zero attached hydrogens (tertiary/aromatic N) is 2. The van der Waals surface area contributed by atoms with Crippen molar-refractivity contribution in [1.29, 1.82) is 5.41 Å². The molecule has 0 aromatic heterocycles. The molecule has 0 fully saturated rings. The van der Waals surface area contributed by atoms with E-state index in [0.717, 1.165) is 6.16 Å². The number of nitrogens with two attached hydrogens (primary N) is 1. The van der Waals surface area contributed by atoms with Crippen LogP contribution in [0.25, 0.3) is 0 Å². The van der Waals surface area contributed by atoms with E-state index >= 15 is 0 Å². The Morgan fingerprint density at radius 2 is 1.23 bits per heavy atom. The first-order valence-electron chi connectivity index (χ1n) is 11.4. The summed E-state index contributed by atoms with van der Waals surface area (Å²) in [6.07, 6.45) is 0.871. The second kappa shape index (κ2) is 13.6. The third kappa shape index (κ3) is 7.14. The lowest BCUT2D eigenvalue weighted by Gasteiger charge is -2.28. The molecule has 0 aliphatic heterocycles. The van der Waals surface area contributed by atoms with Crippen molar-refractivity contribution in [2.24, 2.45) is 5.73 Å². The number of benzene rings is 3. The maximum atomic E-state index is 12.3. The molecule has 3 aromatic rings. The summed E-state index contributed by atoms with van der Waals surface area (Å²) < 4.78 is 6.08. The zero-order valence-corrected chi connectivity index (χ0v) is 21.8. The van der Waals surface area contributed by atoms with Gasteiger partial charge in [0.15, 0.2) is 5.96 Å². The summed E-state index contributed by atoms with van der Waals surface area (Å²) in [5.74, 6) is -0.220. The predicted molar refractivity (Wildman–Crippen MR) is 149 cm³/mol. The number of carbonyl (C=O) groups excluding carboxylic acids is 1. The van der Waals surface area contributed by atoms with E-state index in [0.29, 0.717) is 19.8 Å². The highest BCUT2D eigenvalue weighted by Crippen LogP contribution is 2.54. The average Bonchev–Trinajstić information content (AvgIpc) is 2.87. The van der Waals surface area contributed by atoms with Crippen LogP contribution in [0.2, 0.25) is 0 Å². The van der Waals surface area contributed by atoms with E-state index in [4.69, 9.17) is 15.9 Å². The first-order valence-corrected chi connectivity index (χ1v) is 13.3. The summed E-state index contributed by atoms with van der Waals surface area (Å²) in [4.78, 5) is 15.4. The molecule has 1 amide bonds. The number of guanidine groups is 1. The van der Waals surface area contributed by atoms with Crippen LogP contribution in [0.1, 0.15) is 0 Å². The maximum absolute atomic E-state index is 12.3. The van der Waals surface area contributed by atoms with Gasteiger partial charge in [-0.15, -0.1) is 0 Å². The molecular formula is C28H37N4O2P. The third-order valence-corrected chi connectivity index (χ3v) is 10.3. The van der Waals surface area contributed by atoms with Gasteiger partial charge >= 0.3 is 0 Å². The Kier molecular flexibility index (Phi) is 10.9. The largest absolute Gasteiger partial charge is 0.376 e. The van der Waals surface area contributed by atoms with Crippen molar-refractivity contribution < 1.29 is 9.53 Å². The Labute approximate surface area is 210 Å². The average molecular weight is 493 g/mol. The molecule has 3 rings (SSSR count). The number of nitrogens with one attached hydrogen (secondary N) is 1. The molecule has 3 N–H and O–H groups in total. The summed E-state index contributed by atoms with van der Waals surface area (Å²) >= 11 is 0. The van der Waals surface area contributed by atoms with Crippen LogP contribution in [0, 0.1) is 12.8 Å². The van der Waals surface area contributed by atoms with E-state index in [9.17, 15) is 4.79 Å². The Morgan fingerprint density at radius 1 is 0.800 bits per heavy atom. The Morgan fingerprint density at radius 3 is 1.63 bits per heavy atom. The number of hydrogen-bond donors (Lipinski definition) is 2. The molecular weight excluding hydrogens is 455 g/mol. The zero-order valence-electron chi connectivity index (χ0n) is 20.9. The molecule has 6 nitrogen and oxygen atoms in total. The smallest absolute Gasteiger partial charge is 0.242 e. The molecule has 35 heavy (non-hydrogen) atoms. The van der Waals surface area contributed by atoms with Gasteiger partial charge in [-0.2, -0.15) is 0 Å². The van der Waals surface area contributed by atoms with E-state index in [-0.39, 0.29) is 25.8 Å². The lowest BCUT2D eigenvalue weighted by Crippen LogP contribution is -2.42. The molecule has 3 aromatic carbocycles. The maximum Gasteiger partial charge on any atom is 0.242 e. The van der Waals surface area contributed by atoms with E-state index in [1.165, 1.54) is 20.8 Å². The summed E-state index contributed by atoms with van der Waals surface area (Å²) in [5, 5.41) is 11.4. The molecule has 7 heteroatoms. The Hall–Kier alpha value is -3.21. The van der Waals surface area contributed by atoms with Crippen LogP contribution in [0.5, 0.6) is 0 Å². The monoisotopic (exact) mass is 492 g/mol. The number of hydrogen-bond acceptors (Lipinski definition) is 3. The van der Waals surface area contributed by atoms with Crippen molar-refractivity contribution in [3.63, 3.8) is 0 Å². The molecule has 0 spiro atoms. The highest BCUT2D eigenvalue weighted by molar-refractivity contribution is 7.95. The molecule has 0 heterocycles. The molecule has 0 saturated carbocycles. The first-order chi connectivity index (χ1) is 16.4. The molecule has 186 valence electrons. The molecule has 0 saturated heterocycles. The second-order valence-corrected chi connectivity index (χ2v) is 11.8. The summed E-state index contributed by atoms with van der Waals surface area (Å²) in [7, 11) is 1.46. The van der Waals surface area contributed by atoms with Crippen molar-refractivity contribution in [2.75, 3.05) is 46.6 Å². The quantitative estimate of drug-likeness (QED) is 0.142. The summed E-state index contributed by atoms with van der Waals surface area (Å²) in [6, 6.07) is 32.2. The topological polar surface area (TPSA) is 82.7 Å². The van der Waals surface area contributed by atoms with Crippen molar-refractivity contribution in [2.45, 2.75) is 0 Å². The molecule has 0 aliphatic carbocycles. The van der Waals surface area contributed by atoms with Crippen LogP contribution in [-0.2, 0) is 9.53 Å². The van der Waals surface area contributed by atoms with E-state index in [2.05, 4.69) is 91.0 Å². The minimum atomic E-state index is -1.92. The summed E-state index contributed by atoms with van der Waals surface area (Å²) in [5.41, 5.74) is 5.43. The highest BCUT2D eigenvalue weighted by Gasteiger charge is 2.44. The van der Waals surface area contributed by atoms with E-state index in [1.807, 2.05) is 0 Å².